The summed E-state index contributed by atoms with van der Waals surface area (Å²) in [5.41, 5.74) is 3.99. The second kappa shape index (κ2) is 11.4. The summed E-state index contributed by atoms with van der Waals surface area (Å²) in [6.45, 7) is 2.59. The van der Waals surface area contributed by atoms with Gasteiger partial charge in [0.15, 0.2) is 0 Å². The van der Waals surface area contributed by atoms with Gasteiger partial charge >= 0.3 is 5.97 Å². The van der Waals surface area contributed by atoms with Crippen molar-refractivity contribution >= 4 is 23.9 Å². The van der Waals surface area contributed by atoms with Gasteiger partial charge in [0.2, 0.25) is 11.8 Å². The molecule has 4 atom stereocenters. The van der Waals surface area contributed by atoms with Crippen molar-refractivity contribution in [2.24, 2.45) is 17.8 Å². The maximum absolute atomic E-state index is 13.3. The monoisotopic (exact) mass is 497 g/mol. The average molecular weight is 498 g/mol. The van der Waals surface area contributed by atoms with Crippen molar-refractivity contribution in [1.82, 2.24) is 4.90 Å². The van der Waals surface area contributed by atoms with Crippen molar-refractivity contribution < 1.29 is 34.4 Å². The average Bonchev–Trinajstić information content (AvgIpc) is 3.37. The largest absolute Gasteiger partial charge is 0.508 e. The smallest absolute Gasteiger partial charge is 0.303 e. The van der Waals surface area contributed by atoms with Gasteiger partial charge in [-0.3, -0.25) is 19.3 Å². The van der Waals surface area contributed by atoms with E-state index in [2.05, 4.69) is 6.08 Å². The highest BCUT2D eigenvalue weighted by Crippen LogP contribution is 2.49. The van der Waals surface area contributed by atoms with Crippen LogP contribution in [0.4, 0.5) is 0 Å². The molecule has 0 bridgehead atoms. The molecule has 3 N–H and O–H groups in total. The number of amides is 2. The topological polar surface area (TPSA) is 124 Å². The number of aromatic hydroxyl groups is 1. The molecule has 8 heteroatoms. The number of rotatable bonds is 11. The third-order valence-corrected chi connectivity index (χ3v) is 7.67. The van der Waals surface area contributed by atoms with Crippen molar-refractivity contribution in [3.8, 4) is 5.75 Å². The molecule has 1 aromatic rings. The quantitative estimate of drug-likeness (QED) is 0.243. The molecule has 3 aliphatic rings. The number of unbranched alkanes of at least 4 members (excludes halogenated alkanes) is 2. The molecule has 2 heterocycles. The van der Waals surface area contributed by atoms with Crippen LogP contribution in [-0.2, 0) is 19.1 Å². The lowest BCUT2D eigenvalue weighted by Gasteiger charge is -2.31. The first-order chi connectivity index (χ1) is 17.3. The Hall–Kier alpha value is -2.97. The minimum Gasteiger partial charge on any atom is -0.508 e. The number of phenolic OH excluding ortho intramolecular Hbond substituents is 1. The van der Waals surface area contributed by atoms with E-state index in [0.29, 0.717) is 38.8 Å². The van der Waals surface area contributed by atoms with E-state index in [-0.39, 0.29) is 42.6 Å². The van der Waals surface area contributed by atoms with Gasteiger partial charge in [0, 0.05) is 18.9 Å². The summed E-state index contributed by atoms with van der Waals surface area (Å²) >= 11 is 0. The van der Waals surface area contributed by atoms with E-state index < -0.39 is 17.8 Å². The lowest BCUT2D eigenvalue weighted by molar-refractivity contribution is -0.141. The lowest BCUT2D eigenvalue weighted by Crippen LogP contribution is -2.35. The minimum absolute atomic E-state index is 0.0880. The van der Waals surface area contributed by atoms with Gasteiger partial charge in [-0.2, -0.15) is 0 Å². The number of nitrogens with zero attached hydrogens (tertiary/aromatic N) is 1. The Morgan fingerprint density at radius 1 is 1.08 bits per heavy atom. The van der Waals surface area contributed by atoms with Crippen LogP contribution >= 0.6 is 0 Å². The summed E-state index contributed by atoms with van der Waals surface area (Å²) in [6, 6.07) is 7.02. The lowest BCUT2D eigenvalue weighted by atomic mass is 9.69. The van der Waals surface area contributed by atoms with Crippen LogP contribution in [0, 0.1) is 17.8 Å². The number of phenols is 1. The summed E-state index contributed by atoms with van der Waals surface area (Å²) in [6.07, 6.45) is 5.62. The number of carbonyl (C=O) groups excluding carboxylic acids is 2. The number of hydrogen-bond acceptors (Lipinski definition) is 6. The van der Waals surface area contributed by atoms with E-state index in [1.54, 1.807) is 12.1 Å². The Labute approximate surface area is 211 Å². The molecule has 36 heavy (non-hydrogen) atoms. The number of aliphatic hydroxyl groups is 1. The number of carboxylic acid groups (broad SMARTS) is 1. The predicted octanol–water partition coefficient (Wildman–Crippen LogP) is 3.53. The molecule has 2 aliphatic heterocycles. The fourth-order valence-corrected chi connectivity index (χ4v) is 5.91. The SMILES string of the molecule is C/C(=C\c1ccc(O)cc1)CC[C@H]1OC[C@H]2C1=C(CO)C[C@H]1C(=O)N(CCCCCC(=O)O)C(=O)[C@H]12. The minimum atomic E-state index is -0.841. The molecule has 0 unspecified atom stereocenters. The number of ether oxygens (including phenoxy) is 1. The second-order valence-corrected chi connectivity index (χ2v) is 10.1. The van der Waals surface area contributed by atoms with Crippen molar-refractivity contribution in [3.05, 3.63) is 46.5 Å². The molecular weight excluding hydrogens is 462 g/mol. The molecule has 194 valence electrons. The number of hydrogen-bond donors (Lipinski definition) is 3. The molecule has 8 nitrogen and oxygen atoms in total. The van der Waals surface area contributed by atoms with Crippen molar-refractivity contribution in [1.29, 1.82) is 0 Å². The second-order valence-electron chi connectivity index (χ2n) is 10.1. The Bertz CT molecular complexity index is 1060. The van der Waals surface area contributed by atoms with Gasteiger partial charge in [-0.05, 0) is 67.9 Å². The van der Waals surface area contributed by atoms with Crippen LogP contribution < -0.4 is 0 Å². The van der Waals surface area contributed by atoms with E-state index in [0.717, 1.165) is 35.1 Å². The fourth-order valence-electron chi connectivity index (χ4n) is 5.91. The summed E-state index contributed by atoms with van der Waals surface area (Å²) in [4.78, 5) is 38.5. The van der Waals surface area contributed by atoms with Crippen LogP contribution in [0.2, 0.25) is 0 Å². The number of benzene rings is 1. The summed E-state index contributed by atoms with van der Waals surface area (Å²) in [5.74, 6) is -2.03. The Morgan fingerprint density at radius 2 is 1.83 bits per heavy atom. The maximum Gasteiger partial charge on any atom is 0.303 e. The first kappa shape index (κ1) is 26.1. The Balaban J connectivity index is 1.41. The van der Waals surface area contributed by atoms with E-state index in [4.69, 9.17) is 9.84 Å². The zero-order valence-corrected chi connectivity index (χ0v) is 20.7. The third kappa shape index (κ3) is 5.55. The van der Waals surface area contributed by atoms with Gasteiger partial charge in [0.05, 0.1) is 31.2 Å². The number of likely N-dealkylation sites (tertiary alicyclic amines) is 1. The molecule has 0 saturated carbocycles. The molecule has 0 radical (unpaired) electrons. The number of carbonyl (C=O) groups is 3. The fraction of sp³-hybridized carbons (Fsp3) is 0.536. The first-order valence-electron chi connectivity index (χ1n) is 12.8. The van der Waals surface area contributed by atoms with Gasteiger partial charge in [-0.1, -0.05) is 30.2 Å². The normalized spacial score (nSPS) is 25.9. The van der Waals surface area contributed by atoms with Crippen molar-refractivity contribution in [2.45, 2.75) is 58.0 Å². The standard InChI is InChI=1S/C28H35NO7/c1-17(13-18-7-9-20(31)10-8-18)6-11-23-25-19(15-30)14-21-26(22(25)16-36-23)28(35)29(27(21)34)12-4-2-3-5-24(32)33/h7-10,13,21-23,26,30-31H,2-6,11-12,14-16H2,1H3,(H,32,33)/b17-13+/t21-,22+,23-,26-/m1/s1. The van der Waals surface area contributed by atoms with Crippen LogP contribution in [-0.4, -0.2) is 63.9 Å². The van der Waals surface area contributed by atoms with Gasteiger partial charge in [-0.15, -0.1) is 0 Å². The number of carboxylic acids is 1. The van der Waals surface area contributed by atoms with E-state index in [1.807, 2.05) is 19.1 Å². The highest BCUT2D eigenvalue weighted by atomic mass is 16.5. The zero-order valence-electron chi connectivity index (χ0n) is 20.7. The van der Waals surface area contributed by atoms with Crippen LogP contribution in [0.5, 0.6) is 5.75 Å². The zero-order chi connectivity index (χ0) is 25.8. The molecular formula is C28H35NO7. The maximum atomic E-state index is 13.3. The van der Waals surface area contributed by atoms with Crippen molar-refractivity contribution in [3.63, 3.8) is 0 Å². The van der Waals surface area contributed by atoms with Gasteiger partial charge < -0.3 is 20.1 Å². The van der Waals surface area contributed by atoms with E-state index >= 15 is 0 Å². The molecule has 2 saturated heterocycles. The van der Waals surface area contributed by atoms with Crippen LogP contribution in [0.3, 0.4) is 0 Å². The molecule has 2 amide bonds. The van der Waals surface area contributed by atoms with Gasteiger partial charge in [0.1, 0.15) is 5.75 Å². The Morgan fingerprint density at radius 3 is 2.53 bits per heavy atom. The molecule has 0 spiro atoms. The number of aliphatic carboxylic acids is 1. The number of aliphatic hydroxyl groups excluding tert-OH is 1. The third-order valence-electron chi connectivity index (χ3n) is 7.67. The highest BCUT2D eigenvalue weighted by Gasteiger charge is 2.56. The van der Waals surface area contributed by atoms with Crippen LogP contribution in [0.1, 0.15) is 57.4 Å². The molecule has 2 fully saturated rings. The highest BCUT2D eigenvalue weighted by molar-refractivity contribution is 6.06. The molecule has 4 rings (SSSR count). The van der Waals surface area contributed by atoms with Gasteiger partial charge in [-0.25, -0.2) is 0 Å². The van der Waals surface area contributed by atoms with Crippen LogP contribution in [0.15, 0.2) is 41.0 Å². The van der Waals surface area contributed by atoms with E-state index in [9.17, 15) is 24.6 Å². The predicted molar refractivity (Wildman–Crippen MR) is 133 cm³/mol. The molecule has 1 aromatic carbocycles. The van der Waals surface area contributed by atoms with E-state index in [1.165, 1.54) is 4.90 Å². The molecule has 0 aromatic heterocycles. The first-order valence-corrected chi connectivity index (χ1v) is 12.8. The molecule has 1 aliphatic carbocycles. The summed E-state index contributed by atoms with van der Waals surface area (Å²) in [5, 5.41) is 28.4. The van der Waals surface area contributed by atoms with Crippen LogP contribution in [0.25, 0.3) is 6.08 Å². The number of imide groups is 1. The van der Waals surface area contributed by atoms with Crippen molar-refractivity contribution in [2.75, 3.05) is 19.8 Å². The number of allylic oxidation sites excluding steroid dienone is 1. The number of fused-ring (bicyclic) bond motifs is 3. The Kier molecular flexibility index (Phi) is 8.26. The summed E-state index contributed by atoms with van der Waals surface area (Å²) < 4.78 is 6.14. The summed E-state index contributed by atoms with van der Waals surface area (Å²) in [7, 11) is 0. The van der Waals surface area contributed by atoms with Gasteiger partial charge in [0.25, 0.3) is 0 Å².